The van der Waals surface area contributed by atoms with Gasteiger partial charge in [-0.1, -0.05) is 0 Å². The van der Waals surface area contributed by atoms with Gasteiger partial charge in [0.25, 0.3) is 0 Å². The zero-order valence-electron chi connectivity index (χ0n) is 11.5. The number of rotatable bonds is 3. The lowest BCUT2D eigenvalue weighted by atomic mass is 9.93. The Morgan fingerprint density at radius 3 is 2.56 bits per heavy atom. The average Bonchev–Trinajstić information content (AvgIpc) is 2.38. The Balaban J connectivity index is 2.02. The van der Waals surface area contributed by atoms with E-state index in [0.717, 1.165) is 37.3 Å². The third kappa shape index (κ3) is 3.00. The van der Waals surface area contributed by atoms with Crippen LogP contribution in [0.1, 0.15) is 38.4 Å². The summed E-state index contributed by atoms with van der Waals surface area (Å²) in [5, 5.41) is 13.1. The molecular formula is C14H23N3O. The molecule has 1 fully saturated rings. The van der Waals surface area contributed by atoms with Crippen LogP contribution in [-0.2, 0) is 0 Å². The minimum atomic E-state index is -0.496. The van der Waals surface area contributed by atoms with E-state index in [-0.39, 0.29) is 6.04 Å². The topological polar surface area (TPSA) is 48.4 Å². The van der Waals surface area contributed by atoms with Crippen LogP contribution in [0.4, 0.5) is 5.69 Å². The van der Waals surface area contributed by atoms with Gasteiger partial charge < -0.3 is 15.3 Å². The molecule has 4 heteroatoms. The van der Waals surface area contributed by atoms with Crippen LogP contribution in [0.3, 0.4) is 0 Å². The normalized spacial score (nSPS) is 20.8. The fourth-order valence-electron chi connectivity index (χ4n) is 2.24. The molecular weight excluding hydrogens is 226 g/mol. The van der Waals surface area contributed by atoms with E-state index in [1.54, 1.807) is 0 Å². The summed E-state index contributed by atoms with van der Waals surface area (Å²) < 4.78 is 0. The summed E-state index contributed by atoms with van der Waals surface area (Å²) in [4.78, 5) is 6.78. The van der Waals surface area contributed by atoms with Crippen molar-refractivity contribution in [2.24, 2.45) is 0 Å². The molecule has 0 radical (unpaired) electrons. The molecule has 0 spiro atoms. The molecule has 2 rings (SSSR count). The van der Waals surface area contributed by atoms with Gasteiger partial charge in [0.1, 0.15) is 0 Å². The van der Waals surface area contributed by atoms with E-state index in [2.05, 4.69) is 34.3 Å². The maximum absolute atomic E-state index is 9.94. The first-order valence-electron chi connectivity index (χ1n) is 6.62. The predicted octanol–water partition coefficient (Wildman–Crippen LogP) is 1.71. The second kappa shape index (κ2) is 5.24. The van der Waals surface area contributed by atoms with Gasteiger partial charge in [0, 0.05) is 19.1 Å². The average molecular weight is 249 g/mol. The highest BCUT2D eigenvalue weighted by atomic mass is 16.3. The number of aromatic nitrogens is 1. The Morgan fingerprint density at radius 1 is 1.39 bits per heavy atom. The molecule has 1 saturated heterocycles. The van der Waals surface area contributed by atoms with Crippen molar-refractivity contribution in [3.05, 3.63) is 24.0 Å². The van der Waals surface area contributed by atoms with Crippen LogP contribution in [0.2, 0.25) is 0 Å². The van der Waals surface area contributed by atoms with Gasteiger partial charge in [-0.3, -0.25) is 4.98 Å². The van der Waals surface area contributed by atoms with Crippen molar-refractivity contribution >= 4 is 5.69 Å². The van der Waals surface area contributed by atoms with Crippen molar-refractivity contribution in [2.75, 3.05) is 25.0 Å². The van der Waals surface area contributed by atoms with Crippen LogP contribution in [0.5, 0.6) is 0 Å². The van der Waals surface area contributed by atoms with Crippen LogP contribution in [0.25, 0.3) is 0 Å². The minimum Gasteiger partial charge on any atom is -0.390 e. The van der Waals surface area contributed by atoms with Gasteiger partial charge in [0.15, 0.2) is 0 Å². The quantitative estimate of drug-likeness (QED) is 0.856. The summed E-state index contributed by atoms with van der Waals surface area (Å²) in [6.45, 7) is 5.81. The van der Waals surface area contributed by atoms with Crippen LogP contribution in [-0.4, -0.2) is 35.8 Å². The molecule has 1 aliphatic rings. The molecule has 0 bridgehead atoms. The third-order valence-corrected chi connectivity index (χ3v) is 3.85. The monoisotopic (exact) mass is 249 g/mol. The largest absolute Gasteiger partial charge is 0.390 e. The fourth-order valence-corrected chi connectivity index (χ4v) is 2.24. The molecule has 1 aromatic rings. The van der Waals surface area contributed by atoms with Crippen LogP contribution >= 0.6 is 0 Å². The number of nitrogens with one attached hydrogen (secondary N) is 1. The van der Waals surface area contributed by atoms with E-state index in [4.69, 9.17) is 0 Å². The summed E-state index contributed by atoms with van der Waals surface area (Å²) in [5.74, 6) is 0. The second-order valence-electron chi connectivity index (χ2n) is 5.44. The molecule has 0 aliphatic carbocycles. The molecule has 1 atom stereocenters. The summed E-state index contributed by atoms with van der Waals surface area (Å²) in [6.07, 6.45) is 3.58. The molecule has 1 unspecified atom stereocenters. The first-order valence-corrected chi connectivity index (χ1v) is 6.62. The van der Waals surface area contributed by atoms with E-state index in [1.165, 1.54) is 0 Å². The summed E-state index contributed by atoms with van der Waals surface area (Å²) in [5.41, 5.74) is 1.72. The van der Waals surface area contributed by atoms with Crippen LogP contribution in [0, 0.1) is 0 Å². The van der Waals surface area contributed by atoms with Gasteiger partial charge in [-0.2, -0.15) is 0 Å². The number of aliphatic hydroxyl groups is 1. The molecule has 4 nitrogen and oxygen atoms in total. The molecule has 100 valence electrons. The van der Waals surface area contributed by atoms with Crippen molar-refractivity contribution in [3.63, 3.8) is 0 Å². The number of hydrogen-bond donors (Lipinski definition) is 2. The van der Waals surface area contributed by atoms with Crippen molar-refractivity contribution in [1.82, 2.24) is 10.3 Å². The number of piperidine rings is 1. The maximum atomic E-state index is 9.94. The Hall–Kier alpha value is -1.13. The van der Waals surface area contributed by atoms with Gasteiger partial charge in [-0.25, -0.2) is 0 Å². The molecule has 1 aliphatic heterocycles. The maximum Gasteiger partial charge on any atom is 0.0653 e. The van der Waals surface area contributed by atoms with Crippen molar-refractivity contribution in [2.45, 2.75) is 38.3 Å². The number of anilines is 1. The molecule has 18 heavy (non-hydrogen) atoms. The molecule has 2 heterocycles. The highest BCUT2D eigenvalue weighted by Crippen LogP contribution is 2.25. The lowest BCUT2D eigenvalue weighted by molar-refractivity contribution is 0.0351. The van der Waals surface area contributed by atoms with Gasteiger partial charge in [-0.05, 0) is 45.9 Å². The Morgan fingerprint density at radius 2 is 2.06 bits per heavy atom. The van der Waals surface area contributed by atoms with E-state index < -0.39 is 5.60 Å². The lowest BCUT2D eigenvalue weighted by Gasteiger charge is -2.37. The van der Waals surface area contributed by atoms with E-state index >= 15 is 0 Å². The minimum absolute atomic E-state index is 0.279. The van der Waals surface area contributed by atoms with Crippen LogP contribution < -0.4 is 10.2 Å². The highest BCUT2D eigenvalue weighted by molar-refractivity contribution is 5.45. The molecule has 0 aromatic carbocycles. The Labute approximate surface area is 109 Å². The highest BCUT2D eigenvalue weighted by Gasteiger charge is 2.27. The Kier molecular flexibility index (Phi) is 3.88. The lowest BCUT2D eigenvalue weighted by Crippen LogP contribution is -2.42. The fraction of sp³-hybridized carbons (Fsp3) is 0.643. The first kappa shape index (κ1) is 13.3. The van der Waals surface area contributed by atoms with E-state index in [1.807, 2.05) is 20.2 Å². The standard InChI is InChI=1S/C14H23N3O/c1-11(15-3)13-5-4-12(10-16-13)17-8-6-14(2,18)7-9-17/h4-5,10-11,15,18H,6-9H2,1-3H3. The number of hydrogen-bond acceptors (Lipinski definition) is 4. The zero-order chi connectivity index (χ0) is 13.2. The molecule has 1 aromatic heterocycles. The van der Waals surface area contributed by atoms with Crippen LogP contribution in [0.15, 0.2) is 18.3 Å². The van der Waals surface area contributed by atoms with Crippen molar-refractivity contribution < 1.29 is 5.11 Å². The molecule has 0 amide bonds. The number of pyridine rings is 1. The van der Waals surface area contributed by atoms with Gasteiger partial charge >= 0.3 is 0 Å². The molecule has 0 saturated carbocycles. The summed E-state index contributed by atoms with van der Waals surface area (Å²) in [6, 6.07) is 4.47. The summed E-state index contributed by atoms with van der Waals surface area (Å²) in [7, 11) is 1.94. The van der Waals surface area contributed by atoms with Crippen molar-refractivity contribution in [1.29, 1.82) is 0 Å². The van der Waals surface area contributed by atoms with E-state index in [0.29, 0.717) is 0 Å². The summed E-state index contributed by atoms with van der Waals surface area (Å²) >= 11 is 0. The third-order valence-electron chi connectivity index (χ3n) is 3.85. The predicted molar refractivity (Wildman–Crippen MR) is 73.8 cm³/mol. The first-order chi connectivity index (χ1) is 8.52. The second-order valence-corrected chi connectivity index (χ2v) is 5.44. The van der Waals surface area contributed by atoms with Crippen molar-refractivity contribution in [3.8, 4) is 0 Å². The smallest absolute Gasteiger partial charge is 0.0653 e. The molecule has 2 N–H and O–H groups in total. The van der Waals surface area contributed by atoms with Gasteiger partial charge in [0.2, 0.25) is 0 Å². The van der Waals surface area contributed by atoms with Gasteiger partial charge in [0.05, 0.1) is 23.2 Å². The SMILES string of the molecule is CNC(C)c1ccc(N2CCC(C)(O)CC2)cn1. The Bertz CT molecular complexity index is 379. The number of nitrogens with zero attached hydrogens (tertiary/aromatic N) is 2. The zero-order valence-corrected chi connectivity index (χ0v) is 11.5. The van der Waals surface area contributed by atoms with E-state index in [9.17, 15) is 5.11 Å². The van der Waals surface area contributed by atoms with Gasteiger partial charge in [-0.15, -0.1) is 0 Å².